The van der Waals surface area contributed by atoms with Crippen LogP contribution < -0.4 is 10.9 Å². The van der Waals surface area contributed by atoms with Crippen LogP contribution in [0.2, 0.25) is 0 Å². The molecule has 0 aliphatic heterocycles. The second-order valence-electron chi connectivity index (χ2n) is 7.39. The van der Waals surface area contributed by atoms with Crippen LogP contribution in [0.1, 0.15) is 61.8 Å². The number of amides is 1. The highest BCUT2D eigenvalue weighted by Crippen LogP contribution is 2.22. The van der Waals surface area contributed by atoms with Crippen molar-refractivity contribution in [3.8, 4) is 0 Å². The van der Waals surface area contributed by atoms with E-state index in [1.54, 1.807) is 37.4 Å². The summed E-state index contributed by atoms with van der Waals surface area (Å²) < 4.78 is 1.51. The lowest BCUT2D eigenvalue weighted by Crippen LogP contribution is -2.30. The molecule has 1 aromatic heterocycles. The van der Waals surface area contributed by atoms with Gasteiger partial charge in [-0.25, -0.2) is 0 Å². The zero-order valence-corrected chi connectivity index (χ0v) is 15.4. The third-order valence-electron chi connectivity index (χ3n) is 5.48. The zero-order valence-electron chi connectivity index (χ0n) is 15.4. The van der Waals surface area contributed by atoms with Crippen LogP contribution in [0.25, 0.3) is 10.8 Å². The molecule has 3 rings (SSSR count). The highest BCUT2D eigenvalue weighted by atomic mass is 16.3. The number of hydrogen-bond donors (Lipinski definition) is 2. The first kappa shape index (κ1) is 18.6. The second kappa shape index (κ2) is 8.49. The molecular weight excluding hydrogens is 328 g/mol. The molecule has 0 saturated heterocycles. The van der Waals surface area contributed by atoms with E-state index in [9.17, 15) is 14.7 Å². The lowest BCUT2D eigenvalue weighted by Gasteiger charge is -2.16. The summed E-state index contributed by atoms with van der Waals surface area (Å²) in [6.07, 6.45) is 9.11. The van der Waals surface area contributed by atoms with Crippen molar-refractivity contribution in [1.29, 1.82) is 0 Å². The quantitative estimate of drug-likeness (QED) is 0.808. The number of aliphatic hydroxyl groups excluding tert-OH is 1. The van der Waals surface area contributed by atoms with Gasteiger partial charge in [-0.15, -0.1) is 0 Å². The monoisotopic (exact) mass is 356 g/mol. The van der Waals surface area contributed by atoms with Crippen LogP contribution in [0.4, 0.5) is 0 Å². The number of pyridine rings is 1. The Balaban J connectivity index is 1.82. The number of aliphatic hydroxyl groups is 1. The van der Waals surface area contributed by atoms with Gasteiger partial charge in [-0.1, -0.05) is 31.7 Å². The molecule has 140 valence electrons. The van der Waals surface area contributed by atoms with E-state index in [1.165, 1.54) is 43.1 Å². The largest absolute Gasteiger partial charge is 0.394 e. The molecule has 2 N–H and O–H groups in total. The van der Waals surface area contributed by atoms with Crippen molar-refractivity contribution in [1.82, 2.24) is 9.88 Å². The first-order valence-electron chi connectivity index (χ1n) is 9.64. The van der Waals surface area contributed by atoms with Gasteiger partial charge in [-0.3, -0.25) is 9.59 Å². The van der Waals surface area contributed by atoms with Crippen LogP contribution in [-0.4, -0.2) is 28.7 Å². The Hall–Kier alpha value is -2.14. The van der Waals surface area contributed by atoms with Gasteiger partial charge in [0.15, 0.2) is 0 Å². The lowest BCUT2D eigenvalue weighted by atomic mass is 10.00. The van der Waals surface area contributed by atoms with E-state index >= 15 is 0 Å². The lowest BCUT2D eigenvalue weighted by molar-refractivity contribution is 0.0947. The van der Waals surface area contributed by atoms with Gasteiger partial charge in [0.2, 0.25) is 0 Å². The second-order valence-corrected chi connectivity index (χ2v) is 7.39. The van der Waals surface area contributed by atoms with Crippen molar-refractivity contribution in [3.63, 3.8) is 0 Å². The Bertz CT molecular complexity index is 820. The Morgan fingerprint density at radius 2 is 1.92 bits per heavy atom. The molecule has 1 fully saturated rings. The van der Waals surface area contributed by atoms with Gasteiger partial charge in [0.25, 0.3) is 11.5 Å². The third kappa shape index (κ3) is 3.98. The Labute approximate surface area is 154 Å². The average Bonchev–Trinajstić information content (AvgIpc) is 2.94. The predicted molar refractivity (Wildman–Crippen MR) is 104 cm³/mol. The van der Waals surface area contributed by atoms with Gasteiger partial charge in [-0.2, -0.15) is 0 Å². The van der Waals surface area contributed by atoms with E-state index in [4.69, 9.17) is 0 Å². The summed E-state index contributed by atoms with van der Waals surface area (Å²) in [5.41, 5.74) is 0.361. The van der Waals surface area contributed by atoms with Crippen molar-refractivity contribution in [2.75, 3.05) is 13.2 Å². The van der Waals surface area contributed by atoms with Crippen molar-refractivity contribution in [2.24, 2.45) is 5.92 Å². The van der Waals surface area contributed by atoms with E-state index in [0.717, 1.165) is 0 Å². The normalized spacial score (nSPS) is 17.0. The van der Waals surface area contributed by atoms with Gasteiger partial charge in [0.05, 0.1) is 12.6 Å². The van der Waals surface area contributed by atoms with Crippen molar-refractivity contribution >= 4 is 16.7 Å². The Kier molecular flexibility index (Phi) is 6.09. The van der Waals surface area contributed by atoms with Gasteiger partial charge in [-0.05, 0) is 43.9 Å². The van der Waals surface area contributed by atoms with Crippen LogP contribution in [-0.2, 0) is 0 Å². The van der Waals surface area contributed by atoms with Crippen LogP contribution in [0, 0.1) is 5.92 Å². The molecule has 1 amide bonds. The molecule has 0 radical (unpaired) electrons. The molecule has 1 aliphatic carbocycles. The van der Waals surface area contributed by atoms with Crippen LogP contribution in [0.5, 0.6) is 0 Å². The summed E-state index contributed by atoms with van der Waals surface area (Å²) in [4.78, 5) is 25.4. The molecule has 0 spiro atoms. The van der Waals surface area contributed by atoms with E-state index in [2.05, 4.69) is 5.32 Å². The molecule has 2 aromatic rings. The van der Waals surface area contributed by atoms with E-state index in [0.29, 0.717) is 28.8 Å². The number of benzene rings is 1. The Morgan fingerprint density at radius 3 is 2.62 bits per heavy atom. The topological polar surface area (TPSA) is 71.3 Å². The van der Waals surface area contributed by atoms with Crippen LogP contribution in [0.3, 0.4) is 0 Å². The molecule has 1 heterocycles. The SMILES string of the molecule is C[C@@H](CO)n1ccc2c(C(=O)NCC3CCCCCC3)cccc2c1=O. The maximum Gasteiger partial charge on any atom is 0.258 e. The summed E-state index contributed by atoms with van der Waals surface area (Å²) >= 11 is 0. The van der Waals surface area contributed by atoms with E-state index < -0.39 is 0 Å². The molecule has 1 aliphatic rings. The van der Waals surface area contributed by atoms with E-state index in [1.807, 2.05) is 0 Å². The standard InChI is InChI=1S/C21H28N2O3/c1-15(14-24)23-12-11-17-18(9-6-10-19(17)21(23)26)20(25)22-13-16-7-4-2-3-5-8-16/h6,9-12,15-16,24H,2-5,7-8,13-14H2,1H3,(H,22,25)/t15-/m0/s1. The maximum absolute atomic E-state index is 12.7. The average molecular weight is 356 g/mol. The number of aromatic nitrogens is 1. The maximum atomic E-state index is 12.7. The minimum atomic E-state index is -0.292. The highest BCUT2D eigenvalue weighted by molar-refractivity contribution is 6.06. The van der Waals surface area contributed by atoms with Crippen molar-refractivity contribution < 1.29 is 9.90 Å². The first-order valence-corrected chi connectivity index (χ1v) is 9.64. The molecule has 26 heavy (non-hydrogen) atoms. The van der Waals surface area contributed by atoms with Crippen molar-refractivity contribution in [3.05, 3.63) is 46.4 Å². The smallest absolute Gasteiger partial charge is 0.258 e. The van der Waals surface area contributed by atoms with Crippen LogP contribution in [0.15, 0.2) is 35.3 Å². The molecule has 0 unspecified atom stereocenters. The minimum absolute atomic E-state index is 0.104. The Morgan fingerprint density at radius 1 is 1.19 bits per heavy atom. The summed E-state index contributed by atoms with van der Waals surface area (Å²) in [5.74, 6) is 0.436. The fraction of sp³-hybridized carbons (Fsp3) is 0.524. The third-order valence-corrected chi connectivity index (χ3v) is 5.48. The number of nitrogens with one attached hydrogen (secondary N) is 1. The molecule has 0 bridgehead atoms. The first-order chi connectivity index (χ1) is 12.6. The zero-order chi connectivity index (χ0) is 18.5. The number of hydrogen-bond acceptors (Lipinski definition) is 3. The minimum Gasteiger partial charge on any atom is -0.394 e. The van der Waals surface area contributed by atoms with Gasteiger partial charge in [0, 0.05) is 29.1 Å². The fourth-order valence-corrected chi connectivity index (χ4v) is 3.83. The predicted octanol–water partition coefficient (Wildman–Crippen LogP) is 3.26. The molecule has 5 nitrogen and oxygen atoms in total. The summed E-state index contributed by atoms with van der Waals surface area (Å²) in [6.45, 7) is 2.39. The van der Waals surface area contributed by atoms with Gasteiger partial charge in [0.1, 0.15) is 0 Å². The summed E-state index contributed by atoms with van der Waals surface area (Å²) in [7, 11) is 0. The number of nitrogens with zero attached hydrogens (tertiary/aromatic N) is 1. The fourth-order valence-electron chi connectivity index (χ4n) is 3.83. The molecule has 1 saturated carbocycles. The molecule has 1 aromatic carbocycles. The molecule has 5 heteroatoms. The van der Waals surface area contributed by atoms with Crippen molar-refractivity contribution in [2.45, 2.75) is 51.5 Å². The summed E-state index contributed by atoms with van der Waals surface area (Å²) in [5, 5.41) is 13.6. The van der Waals surface area contributed by atoms with Gasteiger partial charge >= 0.3 is 0 Å². The number of carbonyl (C=O) groups excluding carboxylic acids is 1. The number of carbonyl (C=O) groups is 1. The van der Waals surface area contributed by atoms with Gasteiger partial charge < -0.3 is 15.0 Å². The molecule has 1 atom stereocenters. The van der Waals surface area contributed by atoms with E-state index in [-0.39, 0.29) is 24.1 Å². The van der Waals surface area contributed by atoms with Crippen LogP contribution >= 0.6 is 0 Å². The number of fused-ring (bicyclic) bond motifs is 1. The highest BCUT2D eigenvalue weighted by Gasteiger charge is 2.17. The summed E-state index contributed by atoms with van der Waals surface area (Å²) in [6, 6.07) is 6.76. The number of rotatable bonds is 5. The molecular formula is C21H28N2O3.